The van der Waals surface area contributed by atoms with Gasteiger partial charge in [0.2, 0.25) is 0 Å². The summed E-state index contributed by atoms with van der Waals surface area (Å²) in [5, 5.41) is 12.5. The van der Waals surface area contributed by atoms with Crippen LogP contribution in [0.5, 0.6) is 0 Å². The Bertz CT molecular complexity index is 659. The molecule has 3 rings (SSSR count). The minimum atomic E-state index is -0.822. The molecular weight excluding hydrogens is 366 g/mol. The number of thiophene rings is 1. The Kier molecular flexibility index (Phi) is 9.16. The van der Waals surface area contributed by atoms with Gasteiger partial charge in [-0.25, -0.2) is 4.79 Å². The second-order valence-corrected chi connectivity index (χ2v) is 8.50. The molecule has 3 nitrogen and oxygen atoms in total. The molecule has 1 aromatic heterocycles. The molecule has 1 heterocycles. The number of carboxylic acids is 1. The Labute approximate surface area is 165 Å². The molecule has 1 aromatic carbocycles. The smallest absolute Gasteiger partial charge is 0.345 e. The summed E-state index contributed by atoms with van der Waals surface area (Å²) >= 11 is 7.44. The fourth-order valence-corrected chi connectivity index (χ4v) is 4.42. The number of nitrogens with one attached hydrogen (secondary N) is 1. The monoisotopic (exact) mass is 393 g/mol. The number of carbonyl (C=O) groups is 1. The van der Waals surface area contributed by atoms with E-state index >= 15 is 0 Å². The second kappa shape index (κ2) is 11.4. The lowest BCUT2D eigenvalue weighted by Gasteiger charge is -2.10. The highest BCUT2D eigenvalue weighted by Crippen LogP contribution is 2.28. The highest BCUT2D eigenvalue weighted by molar-refractivity contribution is 7.13. The number of hydrogen-bond acceptors (Lipinski definition) is 3. The summed E-state index contributed by atoms with van der Waals surface area (Å²) in [6.07, 6.45) is 5.72. The normalized spacial score (nSPS) is 19.0. The van der Waals surface area contributed by atoms with Crippen molar-refractivity contribution >= 4 is 28.9 Å². The Morgan fingerprint density at radius 2 is 2.00 bits per heavy atom. The third-order valence-corrected chi connectivity index (χ3v) is 5.98. The maximum atomic E-state index is 10.4. The summed E-state index contributed by atoms with van der Waals surface area (Å²) < 4.78 is 0. The number of alkyl halides is 1. The van der Waals surface area contributed by atoms with Crippen LogP contribution in [0.25, 0.3) is 0 Å². The molecule has 1 aliphatic carbocycles. The summed E-state index contributed by atoms with van der Waals surface area (Å²) in [7, 11) is 0. The van der Waals surface area contributed by atoms with Crippen molar-refractivity contribution in [3.63, 3.8) is 0 Å². The average Bonchev–Trinajstić information content (AvgIpc) is 3.26. The molecule has 0 bridgehead atoms. The van der Waals surface area contributed by atoms with Crippen molar-refractivity contribution < 1.29 is 9.90 Å². The van der Waals surface area contributed by atoms with E-state index in [9.17, 15) is 4.79 Å². The number of hydrogen-bond donors (Lipinski definition) is 2. The maximum absolute atomic E-state index is 10.4. The topological polar surface area (TPSA) is 49.3 Å². The van der Waals surface area contributed by atoms with E-state index in [0.29, 0.717) is 10.3 Å². The number of halogens is 1. The van der Waals surface area contributed by atoms with Gasteiger partial charge in [0.05, 0.1) is 0 Å². The largest absolute Gasteiger partial charge is 0.477 e. The summed E-state index contributed by atoms with van der Waals surface area (Å²) in [5.74, 6) is -0.0337. The van der Waals surface area contributed by atoms with Crippen LogP contribution in [0.1, 0.15) is 52.7 Å². The third kappa shape index (κ3) is 7.48. The molecule has 1 aliphatic rings. The van der Waals surface area contributed by atoms with Gasteiger partial charge in [0.1, 0.15) is 4.88 Å². The minimum Gasteiger partial charge on any atom is -0.477 e. The molecule has 5 heteroatoms. The average molecular weight is 394 g/mol. The number of aryl methyl sites for hydroxylation is 1. The molecule has 26 heavy (non-hydrogen) atoms. The Balaban J connectivity index is 0.000000197. The van der Waals surface area contributed by atoms with Gasteiger partial charge in [0.25, 0.3) is 0 Å². The van der Waals surface area contributed by atoms with E-state index < -0.39 is 5.97 Å². The number of rotatable bonds is 7. The predicted octanol–water partition coefficient (Wildman–Crippen LogP) is 5.58. The zero-order valence-corrected chi connectivity index (χ0v) is 16.9. The lowest BCUT2D eigenvalue weighted by Crippen LogP contribution is -2.21. The lowest BCUT2D eigenvalue weighted by molar-refractivity contribution is 0.0702. The van der Waals surface area contributed by atoms with E-state index in [1.807, 2.05) is 6.07 Å². The SMILES string of the molecule is CCCc1ccc(C(=O)O)s1.ClC1CC[C@H](CNCc2ccccc2)C1. The Morgan fingerprint density at radius 3 is 2.58 bits per heavy atom. The molecule has 2 aromatic rings. The summed E-state index contributed by atoms with van der Waals surface area (Å²) in [5.41, 5.74) is 1.36. The first-order valence-electron chi connectivity index (χ1n) is 9.29. The van der Waals surface area contributed by atoms with Crippen LogP contribution in [0.15, 0.2) is 42.5 Å². The number of benzene rings is 1. The Hall–Kier alpha value is -1.36. The first-order valence-corrected chi connectivity index (χ1v) is 10.5. The first-order chi connectivity index (χ1) is 12.6. The lowest BCUT2D eigenvalue weighted by atomic mass is 10.1. The van der Waals surface area contributed by atoms with Gasteiger partial charge < -0.3 is 10.4 Å². The van der Waals surface area contributed by atoms with E-state index in [4.69, 9.17) is 16.7 Å². The molecule has 0 aliphatic heterocycles. The van der Waals surface area contributed by atoms with E-state index in [1.54, 1.807) is 6.07 Å². The van der Waals surface area contributed by atoms with Crippen molar-refractivity contribution in [3.05, 3.63) is 57.8 Å². The van der Waals surface area contributed by atoms with Crippen molar-refractivity contribution in [2.24, 2.45) is 5.92 Å². The fraction of sp³-hybridized carbons (Fsp3) is 0.476. The van der Waals surface area contributed by atoms with Crippen LogP contribution in [0.2, 0.25) is 0 Å². The van der Waals surface area contributed by atoms with Crippen molar-refractivity contribution in [2.45, 2.75) is 50.9 Å². The summed E-state index contributed by atoms with van der Waals surface area (Å²) in [6.45, 7) is 4.17. The fourth-order valence-electron chi connectivity index (χ4n) is 3.09. The molecule has 2 atom stereocenters. The van der Waals surface area contributed by atoms with E-state index in [2.05, 4.69) is 42.6 Å². The summed E-state index contributed by atoms with van der Waals surface area (Å²) in [6, 6.07) is 14.1. The Morgan fingerprint density at radius 1 is 1.23 bits per heavy atom. The number of aromatic carboxylic acids is 1. The van der Waals surface area contributed by atoms with Crippen molar-refractivity contribution in [2.75, 3.05) is 6.54 Å². The predicted molar refractivity (Wildman–Crippen MR) is 110 cm³/mol. The molecule has 142 valence electrons. The van der Waals surface area contributed by atoms with Crippen LogP contribution in [0, 0.1) is 5.92 Å². The molecule has 2 N–H and O–H groups in total. The zero-order valence-electron chi connectivity index (χ0n) is 15.3. The molecule has 0 radical (unpaired) electrons. The molecule has 0 saturated heterocycles. The maximum Gasteiger partial charge on any atom is 0.345 e. The quantitative estimate of drug-likeness (QED) is 0.603. The van der Waals surface area contributed by atoms with Crippen LogP contribution in [-0.4, -0.2) is 23.0 Å². The molecule has 1 saturated carbocycles. The van der Waals surface area contributed by atoms with E-state index in [0.717, 1.165) is 36.7 Å². The highest BCUT2D eigenvalue weighted by Gasteiger charge is 2.22. The molecule has 1 unspecified atom stereocenters. The highest BCUT2D eigenvalue weighted by atomic mass is 35.5. The minimum absolute atomic E-state index is 0.425. The van der Waals surface area contributed by atoms with E-state index in [1.165, 1.54) is 36.2 Å². The standard InChI is InChI=1S/C13H18ClN.C8H10O2S/c14-13-7-6-12(8-13)10-15-9-11-4-2-1-3-5-11;1-2-3-6-4-5-7(11-6)8(9)10/h1-5,12-13,15H,6-10H2;4-5H,2-3H2,1H3,(H,9,10)/t12-,13?;/m0./s1. The van der Waals surface area contributed by atoms with Gasteiger partial charge in [-0.1, -0.05) is 43.7 Å². The van der Waals surface area contributed by atoms with E-state index in [-0.39, 0.29) is 0 Å². The van der Waals surface area contributed by atoms with Crippen LogP contribution in [0.4, 0.5) is 0 Å². The summed E-state index contributed by atoms with van der Waals surface area (Å²) in [4.78, 5) is 12.0. The van der Waals surface area contributed by atoms with Crippen molar-refractivity contribution in [3.8, 4) is 0 Å². The van der Waals surface area contributed by atoms with Crippen molar-refractivity contribution in [1.82, 2.24) is 5.32 Å². The van der Waals surface area contributed by atoms with Gasteiger partial charge in [0.15, 0.2) is 0 Å². The van der Waals surface area contributed by atoms with Gasteiger partial charge in [-0.3, -0.25) is 0 Å². The third-order valence-electron chi connectivity index (χ3n) is 4.45. The van der Waals surface area contributed by atoms with Gasteiger partial charge in [-0.2, -0.15) is 0 Å². The van der Waals surface area contributed by atoms with Gasteiger partial charge in [-0.15, -0.1) is 22.9 Å². The second-order valence-electron chi connectivity index (χ2n) is 6.71. The first kappa shape index (κ1) is 20.9. The molecule has 1 fully saturated rings. The van der Waals surface area contributed by atoms with Crippen LogP contribution < -0.4 is 5.32 Å². The van der Waals surface area contributed by atoms with Crippen LogP contribution in [-0.2, 0) is 13.0 Å². The van der Waals surface area contributed by atoms with Gasteiger partial charge in [-0.05, 0) is 55.8 Å². The van der Waals surface area contributed by atoms with Gasteiger partial charge >= 0.3 is 5.97 Å². The van der Waals surface area contributed by atoms with Crippen molar-refractivity contribution in [1.29, 1.82) is 0 Å². The number of carboxylic acid groups (broad SMARTS) is 1. The van der Waals surface area contributed by atoms with Crippen LogP contribution in [0.3, 0.4) is 0 Å². The molecular formula is C21H28ClNO2S. The molecule has 0 spiro atoms. The van der Waals surface area contributed by atoms with Crippen LogP contribution >= 0.6 is 22.9 Å². The van der Waals surface area contributed by atoms with Gasteiger partial charge in [0, 0.05) is 16.8 Å². The molecule has 0 amide bonds. The zero-order chi connectivity index (χ0) is 18.8.